The zero-order chi connectivity index (χ0) is 9.00. The fourth-order valence-corrected chi connectivity index (χ4v) is 0. The Morgan fingerprint density at radius 3 is 0.692 bits per heavy atom. The second kappa shape index (κ2) is 12.2. The van der Waals surface area contributed by atoms with Crippen molar-refractivity contribution in [2.75, 3.05) is 0 Å². The van der Waals surface area contributed by atoms with E-state index in [9.17, 15) is 0 Å². The molecule has 0 unspecified atom stereocenters. The molecular formula is AlLiMgO8P2. The van der Waals surface area contributed by atoms with Crippen molar-refractivity contribution < 1.29 is 57.4 Å². The van der Waals surface area contributed by atoms with E-state index in [0.717, 1.165) is 0 Å². The van der Waals surface area contributed by atoms with Crippen LogP contribution in [0, 0.1) is 0 Å². The van der Waals surface area contributed by atoms with E-state index in [0.29, 0.717) is 0 Å². The maximum absolute atomic E-state index is 8.55. The topological polar surface area (TPSA) is 172 Å². The zero-order valence-electron chi connectivity index (χ0n) is 6.44. The summed E-state index contributed by atoms with van der Waals surface area (Å²) in [5, 5.41) is 0. The molecule has 0 bridgehead atoms. The number of rotatable bonds is 0. The second-order valence-corrected chi connectivity index (χ2v) is 2.68. The summed E-state index contributed by atoms with van der Waals surface area (Å²) in [6.45, 7) is 0. The van der Waals surface area contributed by atoms with E-state index >= 15 is 0 Å². The first-order chi connectivity index (χ1) is 4.00. The van der Waals surface area contributed by atoms with E-state index in [1.807, 2.05) is 0 Å². The van der Waals surface area contributed by atoms with Crippen molar-refractivity contribution in [2.24, 2.45) is 0 Å². The van der Waals surface area contributed by atoms with Gasteiger partial charge in [-0.2, -0.15) is 15.6 Å². The summed E-state index contributed by atoms with van der Waals surface area (Å²) >= 11 is 0. The Labute approximate surface area is 113 Å². The number of hydrogen-bond donors (Lipinski definition) is 0. The van der Waals surface area contributed by atoms with Gasteiger partial charge in [-0.25, -0.2) is 0 Å². The molecule has 0 atom stereocenters. The average molecular weight is 248 g/mol. The first-order valence-corrected chi connectivity index (χ1v) is 4.38. The molecule has 8 nitrogen and oxygen atoms in total. The molecule has 0 saturated carbocycles. The van der Waals surface area contributed by atoms with Crippen LogP contribution >= 0.6 is 15.6 Å². The maximum atomic E-state index is 8.55. The predicted octanol–water partition coefficient (Wildman–Crippen LogP) is -9.41. The Morgan fingerprint density at radius 1 is 0.692 bits per heavy atom. The van der Waals surface area contributed by atoms with Crippen molar-refractivity contribution in [3.63, 3.8) is 0 Å². The van der Waals surface area contributed by atoms with E-state index in [4.69, 9.17) is 38.5 Å². The van der Waals surface area contributed by atoms with Gasteiger partial charge in [0.25, 0.3) is 0 Å². The van der Waals surface area contributed by atoms with Crippen LogP contribution in [0.25, 0.3) is 0 Å². The fraction of sp³-hybridized carbons (Fsp3) is 0. The summed E-state index contributed by atoms with van der Waals surface area (Å²) in [6, 6.07) is 0. The van der Waals surface area contributed by atoms with Crippen LogP contribution in [0.3, 0.4) is 0 Å². The first-order valence-electron chi connectivity index (χ1n) is 1.46. The van der Waals surface area contributed by atoms with Gasteiger partial charge in [-0.15, -0.1) is 0 Å². The van der Waals surface area contributed by atoms with E-state index in [1.54, 1.807) is 0 Å². The van der Waals surface area contributed by atoms with Gasteiger partial charge in [0.05, 0.1) is 0 Å². The molecule has 0 aliphatic carbocycles. The molecule has 0 heterocycles. The quantitative estimate of drug-likeness (QED) is 0.300. The van der Waals surface area contributed by atoms with Crippen LogP contribution in [-0.4, -0.2) is 40.4 Å². The Kier molecular flexibility index (Phi) is 27.6. The summed E-state index contributed by atoms with van der Waals surface area (Å²) in [6.07, 6.45) is 0. The predicted molar refractivity (Wildman–Crippen MR) is 26.7 cm³/mol. The number of phosphoric acid groups is 2. The number of hydrogen-bond acceptors (Lipinski definition) is 8. The van der Waals surface area contributed by atoms with E-state index in [1.165, 1.54) is 0 Å². The minimum Gasteiger partial charge on any atom is -0.822 e. The summed E-state index contributed by atoms with van der Waals surface area (Å²) in [5.41, 5.74) is 0. The maximum Gasteiger partial charge on any atom is 3.00 e. The molecule has 0 aliphatic rings. The van der Waals surface area contributed by atoms with E-state index in [-0.39, 0.29) is 59.3 Å². The Hall–Kier alpha value is 2.12. The SMILES string of the molecule is O=P([O-])([O-])[O-].O=P([O-])([O-])[O-].[Al+3].[Li+].[Mg+2]. The van der Waals surface area contributed by atoms with Gasteiger partial charge in [0, 0.05) is 0 Å². The standard InChI is InChI=1S/Al.Li.Mg.2H3O4P/c;;;2*1-5(2,3)4/h;;;2*(H3,1,2,3,4)/q+3;+1;+2;;/p-6. The van der Waals surface area contributed by atoms with Crippen LogP contribution in [0.4, 0.5) is 0 Å². The van der Waals surface area contributed by atoms with Gasteiger partial charge in [-0.3, -0.25) is 0 Å². The van der Waals surface area contributed by atoms with Crippen LogP contribution in [-0.2, 0) is 9.13 Å². The monoisotopic (exact) mass is 248 g/mol. The van der Waals surface area contributed by atoms with Crippen LogP contribution in [0.2, 0.25) is 0 Å². The summed E-state index contributed by atoms with van der Waals surface area (Å²) < 4.78 is 17.1. The molecule has 0 aromatic rings. The van der Waals surface area contributed by atoms with Gasteiger partial charge in [0.2, 0.25) is 0 Å². The van der Waals surface area contributed by atoms with Gasteiger partial charge in [0.15, 0.2) is 0 Å². The minimum atomic E-state index is -5.39. The van der Waals surface area contributed by atoms with Crippen molar-refractivity contribution in [3.05, 3.63) is 0 Å². The zero-order valence-corrected chi connectivity index (χ0v) is 10.8. The Morgan fingerprint density at radius 2 is 0.692 bits per heavy atom. The molecule has 13 heteroatoms. The third-order valence-corrected chi connectivity index (χ3v) is 0. The molecule has 0 radical (unpaired) electrons. The van der Waals surface area contributed by atoms with Gasteiger partial charge < -0.3 is 38.5 Å². The van der Waals surface area contributed by atoms with Gasteiger partial charge in [-0.05, 0) is 0 Å². The molecule has 0 N–H and O–H groups in total. The molecule has 0 aromatic heterocycles. The fourth-order valence-electron chi connectivity index (χ4n) is 0. The van der Waals surface area contributed by atoms with Gasteiger partial charge in [0.1, 0.15) is 0 Å². The molecule has 0 aromatic carbocycles. The molecule has 0 amide bonds. The molecule has 0 rings (SSSR count). The van der Waals surface area contributed by atoms with Crippen molar-refractivity contribution in [2.45, 2.75) is 0 Å². The molecule has 0 aliphatic heterocycles. The van der Waals surface area contributed by atoms with E-state index < -0.39 is 15.6 Å². The van der Waals surface area contributed by atoms with Crippen molar-refractivity contribution >= 4 is 56.1 Å². The molecule has 0 spiro atoms. The van der Waals surface area contributed by atoms with Crippen molar-refractivity contribution in [3.8, 4) is 0 Å². The molecule has 64 valence electrons. The third-order valence-electron chi connectivity index (χ3n) is 0. The smallest absolute Gasteiger partial charge is 0.822 e. The molecule has 0 fully saturated rings. The first kappa shape index (κ1) is 29.4. The van der Waals surface area contributed by atoms with Crippen LogP contribution in [0.15, 0.2) is 0 Å². The molecular weight excluding hydrogens is 248 g/mol. The van der Waals surface area contributed by atoms with Gasteiger partial charge in [-0.1, -0.05) is 0 Å². The van der Waals surface area contributed by atoms with Crippen LogP contribution < -0.4 is 48.2 Å². The third kappa shape index (κ3) is 463. The Balaban J connectivity index is -0.0000000267. The van der Waals surface area contributed by atoms with Gasteiger partial charge >= 0.3 is 59.3 Å². The van der Waals surface area contributed by atoms with Crippen LogP contribution in [0.5, 0.6) is 0 Å². The molecule has 13 heavy (non-hydrogen) atoms. The van der Waals surface area contributed by atoms with E-state index in [2.05, 4.69) is 0 Å². The van der Waals surface area contributed by atoms with Crippen molar-refractivity contribution in [1.82, 2.24) is 0 Å². The summed E-state index contributed by atoms with van der Waals surface area (Å²) in [5.74, 6) is 0. The van der Waals surface area contributed by atoms with Crippen LogP contribution in [0.1, 0.15) is 0 Å². The minimum absolute atomic E-state index is 0. The second-order valence-electron chi connectivity index (χ2n) is 0.894. The van der Waals surface area contributed by atoms with Crippen molar-refractivity contribution in [1.29, 1.82) is 0 Å². The molecule has 0 saturated heterocycles. The normalized spacial score (nSPS) is 9.08. The summed E-state index contributed by atoms with van der Waals surface area (Å²) in [7, 11) is -10.8. The largest absolute Gasteiger partial charge is 3.00 e. The average Bonchev–Trinajstić information content (AvgIpc) is 1.12. The summed E-state index contributed by atoms with van der Waals surface area (Å²) in [4.78, 5) is 51.3. The Bertz CT molecular complexity index is 134.